The van der Waals surface area contributed by atoms with Crippen molar-refractivity contribution in [1.29, 1.82) is 0 Å². The van der Waals surface area contributed by atoms with Gasteiger partial charge in [0.25, 0.3) is 0 Å². The van der Waals surface area contributed by atoms with Crippen LogP contribution in [0.2, 0.25) is 0 Å². The number of fused-ring (bicyclic) bond motifs is 1. The van der Waals surface area contributed by atoms with E-state index in [1.807, 2.05) is 25.3 Å². The Kier molecular flexibility index (Phi) is 7.44. The molecular weight excluding hydrogens is 314 g/mol. The first-order chi connectivity index (χ1) is 11.1. The molecule has 2 rings (SSSR count). The predicted molar refractivity (Wildman–Crippen MR) is 92.5 cm³/mol. The minimum atomic E-state index is -0.279. The van der Waals surface area contributed by atoms with Gasteiger partial charge in [0.05, 0.1) is 23.6 Å². The number of ether oxygens (including phenoxy) is 2. The molecule has 1 N–H and O–H groups in total. The summed E-state index contributed by atoms with van der Waals surface area (Å²) in [6.45, 7) is 4.11. The lowest BCUT2D eigenvalue weighted by atomic mass is 9.85. The Labute approximate surface area is 144 Å². The van der Waals surface area contributed by atoms with E-state index in [-0.39, 0.29) is 36.2 Å². The fourth-order valence-electron chi connectivity index (χ4n) is 3.14. The number of carbonyl (C=O) groups is 1. The van der Waals surface area contributed by atoms with Crippen molar-refractivity contribution in [3.8, 4) is 0 Å². The van der Waals surface area contributed by atoms with Crippen molar-refractivity contribution >= 4 is 17.6 Å². The molecule has 130 valence electrons. The molecule has 0 aromatic heterocycles. The normalized spacial score (nSPS) is 27.6. The molecule has 1 saturated carbocycles. The third kappa shape index (κ3) is 5.54. The summed E-state index contributed by atoms with van der Waals surface area (Å²) >= 11 is 6.36. The minimum Gasteiger partial charge on any atom is -0.461 e. The molecule has 2 aliphatic rings. The zero-order valence-corrected chi connectivity index (χ0v) is 14.8. The number of hydrogen-bond donors (Lipinski definition) is 1. The lowest BCUT2D eigenvalue weighted by Gasteiger charge is -2.37. The van der Waals surface area contributed by atoms with Crippen molar-refractivity contribution in [2.75, 3.05) is 6.61 Å². The molecule has 1 aliphatic heterocycles. The highest BCUT2D eigenvalue weighted by atomic mass is 35.5. The fourth-order valence-corrected chi connectivity index (χ4v) is 3.47. The van der Waals surface area contributed by atoms with Gasteiger partial charge < -0.3 is 14.8 Å². The van der Waals surface area contributed by atoms with Gasteiger partial charge in [0.2, 0.25) is 0 Å². The number of allylic oxidation sites excluding steroid dienone is 2. The molecular formula is C18H28ClNO3. The Morgan fingerprint density at radius 1 is 1.43 bits per heavy atom. The van der Waals surface area contributed by atoms with Crippen LogP contribution in [0, 0.1) is 0 Å². The first kappa shape index (κ1) is 18.3. The van der Waals surface area contributed by atoms with E-state index in [1.54, 1.807) is 0 Å². The van der Waals surface area contributed by atoms with Gasteiger partial charge in [-0.05, 0) is 50.5 Å². The second-order valence-electron chi connectivity index (χ2n) is 6.36. The molecule has 0 radical (unpaired) electrons. The molecule has 0 saturated heterocycles. The summed E-state index contributed by atoms with van der Waals surface area (Å²) in [5.74, 6) is -0.279. The molecule has 0 bridgehead atoms. The van der Waals surface area contributed by atoms with E-state index in [9.17, 15) is 4.79 Å². The van der Waals surface area contributed by atoms with Crippen molar-refractivity contribution in [2.24, 2.45) is 0 Å². The lowest BCUT2D eigenvalue weighted by molar-refractivity contribution is -0.156. The summed E-state index contributed by atoms with van der Waals surface area (Å²) in [6, 6.07) is 0.0611. The lowest BCUT2D eigenvalue weighted by Crippen LogP contribution is -2.47. The highest BCUT2D eigenvalue weighted by molar-refractivity contribution is 6.22. The molecule has 0 spiro atoms. The average Bonchev–Trinajstić information content (AvgIpc) is 2.55. The van der Waals surface area contributed by atoms with Crippen molar-refractivity contribution < 1.29 is 14.3 Å². The van der Waals surface area contributed by atoms with Gasteiger partial charge in [-0.2, -0.15) is 0 Å². The van der Waals surface area contributed by atoms with E-state index in [0.717, 1.165) is 31.3 Å². The molecule has 1 aliphatic carbocycles. The Bertz CT molecular complexity index is 450. The summed E-state index contributed by atoms with van der Waals surface area (Å²) in [5.41, 5.74) is 1.15. The maximum absolute atomic E-state index is 11.9. The number of dihydropyridines is 1. The largest absolute Gasteiger partial charge is 0.461 e. The molecule has 5 heteroatoms. The van der Waals surface area contributed by atoms with Crippen LogP contribution in [0.1, 0.15) is 52.4 Å². The number of rotatable bonds is 8. The summed E-state index contributed by atoms with van der Waals surface area (Å²) in [7, 11) is 0. The molecule has 1 heterocycles. The van der Waals surface area contributed by atoms with Gasteiger partial charge in [-0.15, -0.1) is 11.6 Å². The average molecular weight is 342 g/mol. The zero-order chi connectivity index (χ0) is 16.7. The van der Waals surface area contributed by atoms with E-state index in [2.05, 4.69) is 12.2 Å². The zero-order valence-electron chi connectivity index (χ0n) is 14.1. The number of alkyl halides is 1. The van der Waals surface area contributed by atoms with Crippen LogP contribution in [-0.2, 0) is 14.3 Å². The first-order valence-electron chi connectivity index (χ1n) is 8.69. The third-order valence-corrected chi connectivity index (χ3v) is 4.89. The van der Waals surface area contributed by atoms with E-state index in [0.29, 0.717) is 0 Å². The van der Waals surface area contributed by atoms with E-state index >= 15 is 0 Å². The Hall–Kier alpha value is -1.00. The summed E-state index contributed by atoms with van der Waals surface area (Å²) in [5, 5.41) is 3.33. The topological polar surface area (TPSA) is 47.6 Å². The monoisotopic (exact) mass is 341 g/mol. The molecule has 23 heavy (non-hydrogen) atoms. The summed E-state index contributed by atoms with van der Waals surface area (Å²) in [4.78, 5) is 11.9. The van der Waals surface area contributed by atoms with Gasteiger partial charge in [0.15, 0.2) is 0 Å². The molecule has 0 aromatic carbocycles. The van der Waals surface area contributed by atoms with Gasteiger partial charge in [-0.25, -0.2) is 4.79 Å². The molecule has 0 aromatic rings. The minimum absolute atomic E-state index is 0.00487. The van der Waals surface area contributed by atoms with Crippen molar-refractivity contribution in [2.45, 2.75) is 76.0 Å². The van der Waals surface area contributed by atoms with E-state index in [1.165, 1.54) is 12.8 Å². The summed E-state index contributed by atoms with van der Waals surface area (Å²) < 4.78 is 11.2. The Morgan fingerprint density at radius 2 is 2.26 bits per heavy atom. The highest BCUT2D eigenvalue weighted by Crippen LogP contribution is 2.31. The molecule has 0 amide bonds. The van der Waals surface area contributed by atoms with Gasteiger partial charge in [0, 0.05) is 0 Å². The van der Waals surface area contributed by atoms with Gasteiger partial charge >= 0.3 is 5.97 Å². The Morgan fingerprint density at radius 3 is 3.04 bits per heavy atom. The maximum atomic E-state index is 11.9. The van der Waals surface area contributed by atoms with Gasteiger partial charge in [-0.1, -0.05) is 25.8 Å². The number of halogens is 1. The standard InChI is InChI=1S/C18H28ClNO3/c1-3-4-5-7-13(2)23-17(21)12-22-16-10-9-15(19)14-8-6-11-20-18(14)16/h6,8,11,13,15-16,18,20H,3-5,7,9-10,12H2,1-2H3. The highest BCUT2D eigenvalue weighted by Gasteiger charge is 2.35. The number of unbranched alkanes of at least 4 members (excludes halogenated alkanes) is 2. The quantitative estimate of drug-likeness (QED) is 0.415. The summed E-state index contributed by atoms with van der Waals surface area (Å²) in [6.07, 6.45) is 11.9. The number of nitrogens with one attached hydrogen (secondary N) is 1. The smallest absolute Gasteiger partial charge is 0.332 e. The number of esters is 1. The SMILES string of the molecule is CCCCCC(C)OC(=O)COC1CCC(Cl)C2=CC=CNC21. The number of hydrogen-bond acceptors (Lipinski definition) is 4. The fraction of sp³-hybridized carbons (Fsp3) is 0.722. The molecule has 4 unspecified atom stereocenters. The maximum Gasteiger partial charge on any atom is 0.332 e. The second kappa shape index (κ2) is 9.33. The van der Waals surface area contributed by atoms with Crippen molar-refractivity contribution in [3.63, 3.8) is 0 Å². The van der Waals surface area contributed by atoms with Crippen LogP contribution in [0.4, 0.5) is 0 Å². The number of carbonyl (C=O) groups excluding carboxylic acids is 1. The molecule has 4 nitrogen and oxygen atoms in total. The molecule has 4 atom stereocenters. The van der Waals surface area contributed by atoms with Crippen LogP contribution in [0.25, 0.3) is 0 Å². The van der Waals surface area contributed by atoms with Crippen molar-refractivity contribution in [3.05, 3.63) is 23.9 Å². The Balaban J connectivity index is 1.74. The third-order valence-electron chi connectivity index (χ3n) is 4.42. The van der Waals surface area contributed by atoms with E-state index in [4.69, 9.17) is 21.1 Å². The van der Waals surface area contributed by atoms with Crippen LogP contribution in [0.15, 0.2) is 23.9 Å². The first-order valence-corrected chi connectivity index (χ1v) is 9.13. The van der Waals surface area contributed by atoms with Crippen LogP contribution >= 0.6 is 11.6 Å². The predicted octanol–water partition coefficient (Wildman–Crippen LogP) is 3.70. The van der Waals surface area contributed by atoms with E-state index < -0.39 is 0 Å². The van der Waals surface area contributed by atoms with Crippen LogP contribution in [-0.4, -0.2) is 36.2 Å². The van der Waals surface area contributed by atoms with Crippen LogP contribution < -0.4 is 5.32 Å². The van der Waals surface area contributed by atoms with Crippen LogP contribution in [0.5, 0.6) is 0 Å². The second-order valence-corrected chi connectivity index (χ2v) is 6.89. The molecule has 1 fully saturated rings. The van der Waals surface area contributed by atoms with Crippen LogP contribution in [0.3, 0.4) is 0 Å². The van der Waals surface area contributed by atoms with Gasteiger partial charge in [0.1, 0.15) is 6.61 Å². The van der Waals surface area contributed by atoms with Gasteiger partial charge in [-0.3, -0.25) is 0 Å². The van der Waals surface area contributed by atoms with Crippen molar-refractivity contribution in [1.82, 2.24) is 5.32 Å².